The van der Waals surface area contributed by atoms with Crippen molar-refractivity contribution in [2.45, 2.75) is 13.5 Å². The fourth-order valence-corrected chi connectivity index (χ4v) is 2.71. The summed E-state index contributed by atoms with van der Waals surface area (Å²) in [7, 11) is 1.96. The zero-order valence-electron chi connectivity index (χ0n) is 11.3. The van der Waals surface area contributed by atoms with Gasteiger partial charge in [0, 0.05) is 34.9 Å². The topological polar surface area (TPSA) is 39.9 Å². The van der Waals surface area contributed by atoms with E-state index in [1.807, 2.05) is 55.1 Å². The predicted molar refractivity (Wildman–Crippen MR) is 81.7 cm³/mol. The van der Waals surface area contributed by atoms with Gasteiger partial charge in [0.1, 0.15) is 12.3 Å². The van der Waals surface area contributed by atoms with Crippen molar-refractivity contribution in [1.82, 2.24) is 14.5 Å². The molecule has 0 spiro atoms. The van der Waals surface area contributed by atoms with Gasteiger partial charge >= 0.3 is 0 Å². The van der Waals surface area contributed by atoms with Crippen LogP contribution < -0.4 is 4.74 Å². The average Bonchev–Trinajstić information content (AvgIpc) is 2.72. The molecule has 5 heteroatoms. The van der Waals surface area contributed by atoms with E-state index in [4.69, 9.17) is 4.74 Å². The number of ether oxygens (including phenoxy) is 1. The Labute approximate surface area is 125 Å². The van der Waals surface area contributed by atoms with Crippen LogP contribution in [0, 0.1) is 6.92 Å². The van der Waals surface area contributed by atoms with Crippen LogP contribution in [0.25, 0.3) is 11.0 Å². The van der Waals surface area contributed by atoms with Gasteiger partial charge in [-0.15, -0.1) is 0 Å². The number of aromatic nitrogens is 3. The number of aryl methyl sites for hydroxylation is 2. The van der Waals surface area contributed by atoms with Crippen LogP contribution in [0.4, 0.5) is 0 Å². The molecule has 3 aromatic heterocycles. The van der Waals surface area contributed by atoms with Crippen molar-refractivity contribution in [2.24, 2.45) is 7.05 Å². The van der Waals surface area contributed by atoms with Crippen LogP contribution in [-0.2, 0) is 13.7 Å². The fourth-order valence-electron chi connectivity index (χ4n) is 2.10. The van der Waals surface area contributed by atoms with Gasteiger partial charge in [-0.25, -0.2) is 0 Å². The monoisotopic (exact) mass is 331 g/mol. The molecular formula is C15H14BrN3O. The molecule has 0 amide bonds. The van der Waals surface area contributed by atoms with Crippen molar-refractivity contribution in [3.8, 4) is 5.88 Å². The largest absolute Gasteiger partial charge is 0.471 e. The van der Waals surface area contributed by atoms with Gasteiger partial charge < -0.3 is 9.30 Å². The lowest BCUT2D eigenvalue weighted by Gasteiger charge is -2.06. The number of halogens is 1. The number of hydrogen-bond donors (Lipinski definition) is 0. The van der Waals surface area contributed by atoms with E-state index >= 15 is 0 Å². The molecule has 0 aliphatic carbocycles. The highest BCUT2D eigenvalue weighted by Gasteiger charge is 2.07. The first kappa shape index (κ1) is 13.1. The van der Waals surface area contributed by atoms with Crippen LogP contribution in [0.1, 0.15) is 11.4 Å². The standard InChI is InChI=1S/C15H14BrN3O/c1-10-4-3-5-11(17-10)9-20-14-7-6-12-13(16)8-19(2)15(12)18-14/h3-8H,9H2,1-2H3. The van der Waals surface area contributed by atoms with Gasteiger partial charge in [0.2, 0.25) is 5.88 Å². The van der Waals surface area contributed by atoms with Crippen LogP contribution in [0.3, 0.4) is 0 Å². The second-order valence-corrected chi connectivity index (χ2v) is 5.52. The molecule has 0 unspecified atom stereocenters. The summed E-state index contributed by atoms with van der Waals surface area (Å²) in [4.78, 5) is 8.92. The van der Waals surface area contributed by atoms with Crippen molar-refractivity contribution >= 4 is 27.0 Å². The highest BCUT2D eigenvalue weighted by atomic mass is 79.9. The van der Waals surface area contributed by atoms with Gasteiger partial charge in [0.05, 0.1) is 5.69 Å². The minimum absolute atomic E-state index is 0.422. The summed E-state index contributed by atoms with van der Waals surface area (Å²) < 4.78 is 8.72. The lowest BCUT2D eigenvalue weighted by molar-refractivity contribution is 0.290. The number of nitrogens with zero attached hydrogens (tertiary/aromatic N) is 3. The van der Waals surface area contributed by atoms with Gasteiger partial charge in [0.25, 0.3) is 0 Å². The van der Waals surface area contributed by atoms with E-state index in [1.54, 1.807) is 0 Å². The number of rotatable bonds is 3. The van der Waals surface area contributed by atoms with Crippen LogP contribution in [0.5, 0.6) is 5.88 Å². The Kier molecular flexibility index (Phi) is 3.44. The summed E-state index contributed by atoms with van der Waals surface area (Å²) in [6.45, 7) is 2.39. The van der Waals surface area contributed by atoms with E-state index in [-0.39, 0.29) is 0 Å². The van der Waals surface area contributed by atoms with Crippen LogP contribution >= 0.6 is 15.9 Å². The Morgan fingerprint density at radius 1 is 1.20 bits per heavy atom. The first-order valence-corrected chi connectivity index (χ1v) is 7.10. The number of fused-ring (bicyclic) bond motifs is 1. The Balaban J connectivity index is 1.83. The van der Waals surface area contributed by atoms with Crippen LogP contribution in [0.2, 0.25) is 0 Å². The molecule has 0 fully saturated rings. The summed E-state index contributed by atoms with van der Waals surface area (Å²) in [5.41, 5.74) is 2.78. The molecule has 0 saturated carbocycles. The first-order chi connectivity index (χ1) is 9.63. The van der Waals surface area contributed by atoms with Crippen LogP contribution in [0.15, 0.2) is 41.0 Å². The Morgan fingerprint density at radius 3 is 2.85 bits per heavy atom. The van der Waals surface area contributed by atoms with Gasteiger partial charge in [-0.2, -0.15) is 4.98 Å². The Bertz CT molecular complexity index is 767. The fraction of sp³-hybridized carbons (Fsp3) is 0.200. The van der Waals surface area contributed by atoms with Gasteiger partial charge in [0.15, 0.2) is 0 Å². The summed E-state index contributed by atoms with van der Waals surface area (Å²) >= 11 is 3.51. The highest BCUT2D eigenvalue weighted by Crippen LogP contribution is 2.26. The van der Waals surface area contributed by atoms with E-state index < -0.39 is 0 Å². The van der Waals surface area contributed by atoms with Crippen LogP contribution in [-0.4, -0.2) is 14.5 Å². The molecule has 0 atom stereocenters. The molecule has 102 valence electrons. The molecule has 3 rings (SSSR count). The lowest BCUT2D eigenvalue weighted by atomic mass is 10.3. The van der Waals surface area contributed by atoms with Crippen molar-refractivity contribution in [1.29, 1.82) is 0 Å². The predicted octanol–water partition coefficient (Wildman–Crippen LogP) is 3.62. The summed E-state index contributed by atoms with van der Waals surface area (Å²) in [5, 5.41) is 1.08. The van der Waals surface area contributed by atoms with E-state index in [9.17, 15) is 0 Å². The molecule has 4 nitrogen and oxygen atoms in total. The highest BCUT2D eigenvalue weighted by molar-refractivity contribution is 9.10. The SMILES string of the molecule is Cc1cccc(COc2ccc3c(Br)cn(C)c3n2)n1. The lowest BCUT2D eigenvalue weighted by Crippen LogP contribution is -2.01. The van der Waals surface area contributed by atoms with Gasteiger partial charge in [-0.05, 0) is 41.1 Å². The quantitative estimate of drug-likeness (QED) is 0.735. The molecule has 0 saturated heterocycles. The number of pyridine rings is 2. The maximum Gasteiger partial charge on any atom is 0.215 e. The third-order valence-electron chi connectivity index (χ3n) is 3.06. The van der Waals surface area contributed by atoms with Crippen molar-refractivity contribution < 1.29 is 4.74 Å². The van der Waals surface area contributed by atoms with Crippen molar-refractivity contribution in [2.75, 3.05) is 0 Å². The molecule has 0 bridgehead atoms. The summed E-state index contributed by atoms with van der Waals surface area (Å²) in [5.74, 6) is 0.606. The minimum atomic E-state index is 0.422. The molecule has 0 aliphatic rings. The zero-order chi connectivity index (χ0) is 14.1. The Hall–Kier alpha value is -1.88. The minimum Gasteiger partial charge on any atom is -0.471 e. The molecule has 20 heavy (non-hydrogen) atoms. The molecule has 0 aliphatic heterocycles. The zero-order valence-corrected chi connectivity index (χ0v) is 12.9. The first-order valence-electron chi connectivity index (χ1n) is 6.30. The Morgan fingerprint density at radius 2 is 2.05 bits per heavy atom. The van der Waals surface area contributed by atoms with E-state index in [0.29, 0.717) is 12.5 Å². The normalized spacial score (nSPS) is 10.9. The molecular weight excluding hydrogens is 318 g/mol. The van der Waals surface area contributed by atoms with Crippen molar-refractivity contribution in [3.63, 3.8) is 0 Å². The molecule has 0 N–H and O–H groups in total. The smallest absolute Gasteiger partial charge is 0.215 e. The second-order valence-electron chi connectivity index (χ2n) is 4.67. The molecule has 3 aromatic rings. The third-order valence-corrected chi connectivity index (χ3v) is 3.69. The number of hydrogen-bond acceptors (Lipinski definition) is 3. The third kappa shape index (κ3) is 2.54. The van der Waals surface area contributed by atoms with E-state index in [1.165, 1.54) is 0 Å². The van der Waals surface area contributed by atoms with E-state index in [2.05, 4.69) is 25.9 Å². The molecule has 3 heterocycles. The molecule has 0 radical (unpaired) electrons. The molecule has 0 aromatic carbocycles. The maximum absolute atomic E-state index is 5.72. The second kappa shape index (κ2) is 5.25. The van der Waals surface area contributed by atoms with Gasteiger partial charge in [-0.1, -0.05) is 6.07 Å². The van der Waals surface area contributed by atoms with Gasteiger partial charge in [-0.3, -0.25) is 4.98 Å². The average molecular weight is 332 g/mol. The summed E-state index contributed by atoms with van der Waals surface area (Å²) in [6.07, 6.45) is 1.99. The van der Waals surface area contributed by atoms with E-state index in [0.717, 1.165) is 26.9 Å². The van der Waals surface area contributed by atoms with Crippen molar-refractivity contribution in [3.05, 3.63) is 52.4 Å². The summed E-state index contributed by atoms with van der Waals surface area (Å²) in [6, 6.07) is 9.78. The maximum atomic E-state index is 5.72.